The Labute approximate surface area is 106 Å². The lowest BCUT2D eigenvalue weighted by Gasteiger charge is -2.13. The van der Waals surface area contributed by atoms with E-state index in [2.05, 4.69) is 4.98 Å². The van der Waals surface area contributed by atoms with E-state index in [9.17, 15) is 0 Å². The maximum absolute atomic E-state index is 5.95. The Hall–Kier alpha value is -1.97. The summed E-state index contributed by atoms with van der Waals surface area (Å²) in [5.74, 6) is 2.10. The third kappa shape index (κ3) is 1.94. The SMILES string of the molecule is COc1ccc2c(N)ccnc2c1OCC1CC1. The molecule has 0 saturated heterocycles. The van der Waals surface area contributed by atoms with E-state index in [-0.39, 0.29) is 0 Å². The molecule has 1 aromatic carbocycles. The van der Waals surface area contributed by atoms with E-state index < -0.39 is 0 Å². The van der Waals surface area contributed by atoms with E-state index in [0.717, 1.165) is 17.5 Å². The van der Waals surface area contributed by atoms with Crippen LogP contribution in [0.5, 0.6) is 11.5 Å². The summed E-state index contributed by atoms with van der Waals surface area (Å²) < 4.78 is 11.2. The Morgan fingerprint density at radius 1 is 1.33 bits per heavy atom. The van der Waals surface area contributed by atoms with Gasteiger partial charge in [0.15, 0.2) is 11.5 Å². The van der Waals surface area contributed by atoms with Crippen molar-refractivity contribution in [1.82, 2.24) is 4.98 Å². The minimum absolute atomic E-state index is 0.686. The molecular formula is C14H16N2O2. The van der Waals surface area contributed by atoms with Gasteiger partial charge >= 0.3 is 0 Å². The molecule has 0 unspecified atom stereocenters. The summed E-state index contributed by atoms with van der Waals surface area (Å²) in [5.41, 5.74) is 7.43. The summed E-state index contributed by atoms with van der Waals surface area (Å²) >= 11 is 0. The van der Waals surface area contributed by atoms with Crippen molar-refractivity contribution in [3.05, 3.63) is 24.4 Å². The predicted octanol–water partition coefficient (Wildman–Crippen LogP) is 2.61. The van der Waals surface area contributed by atoms with Crippen LogP contribution in [0.25, 0.3) is 10.9 Å². The molecule has 4 heteroatoms. The monoisotopic (exact) mass is 244 g/mol. The molecule has 1 aliphatic carbocycles. The average Bonchev–Trinajstić information content (AvgIpc) is 3.20. The first-order valence-electron chi connectivity index (χ1n) is 6.13. The zero-order chi connectivity index (χ0) is 12.5. The molecule has 0 aliphatic heterocycles. The van der Waals surface area contributed by atoms with Crippen LogP contribution in [-0.4, -0.2) is 18.7 Å². The van der Waals surface area contributed by atoms with Crippen LogP contribution >= 0.6 is 0 Å². The number of fused-ring (bicyclic) bond motifs is 1. The second kappa shape index (κ2) is 4.37. The minimum Gasteiger partial charge on any atom is -0.493 e. The Morgan fingerprint density at radius 3 is 2.89 bits per heavy atom. The fraction of sp³-hybridized carbons (Fsp3) is 0.357. The molecule has 1 heterocycles. The van der Waals surface area contributed by atoms with E-state index in [1.807, 2.05) is 12.1 Å². The van der Waals surface area contributed by atoms with Crippen molar-refractivity contribution in [2.45, 2.75) is 12.8 Å². The number of nitrogen functional groups attached to an aromatic ring is 1. The number of benzene rings is 1. The summed E-state index contributed by atoms with van der Waals surface area (Å²) in [6, 6.07) is 5.59. The lowest BCUT2D eigenvalue weighted by Crippen LogP contribution is -2.02. The lowest BCUT2D eigenvalue weighted by molar-refractivity contribution is 0.283. The lowest BCUT2D eigenvalue weighted by atomic mass is 10.1. The number of nitrogens with zero attached hydrogens (tertiary/aromatic N) is 1. The van der Waals surface area contributed by atoms with E-state index in [1.54, 1.807) is 19.4 Å². The summed E-state index contributed by atoms with van der Waals surface area (Å²) in [6.07, 6.45) is 4.20. The van der Waals surface area contributed by atoms with Crippen molar-refractivity contribution < 1.29 is 9.47 Å². The second-order valence-electron chi connectivity index (χ2n) is 4.65. The molecule has 1 aliphatic rings. The molecule has 94 valence electrons. The van der Waals surface area contributed by atoms with Crippen LogP contribution in [0, 0.1) is 5.92 Å². The summed E-state index contributed by atoms with van der Waals surface area (Å²) in [6.45, 7) is 0.728. The van der Waals surface area contributed by atoms with Gasteiger partial charge in [0.1, 0.15) is 5.52 Å². The first-order valence-corrected chi connectivity index (χ1v) is 6.13. The highest BCUT2D eigenvalue weighted by Crippen LogP contribution is 2.38. The molecule has 0 bridgehead atoms. The van der Waals surface area contributed by atoms with Gasteiger partial charge in [-0.15, -0.1) is 0 Å². The largest absolute Gasteiger partial charge is 0.493 e. The van der Waals surface area contributed by atoms with E-state index in [4.69, 9.17) is 15.2 Å². The molecule has 2 aromatic rings. The van der Waals surface area contributed by atoms with Gasteiger partial charge in [0.2, 0.25) is 0 Å². The van der Waals surface area contributed by atoms with Crippen LogP contribution in [0.15, 0.2) is 24.4 Å². The van der Waals surface area contributed by atoms with Crippen LogP contribution in [0.4, 0.5) is 5.69 Å². The standard InChI is InChI=1S/C14H16N2O2/c1-17-12-5-4-10-11(15)6-7-16-13(10)14(12)18-8-9-2-3-9/h4-7,9H,2-3,8H2,1H3,(H2,15,16). The third-order valence-corrected chi connectivity index (χ3v) is 3.24. The number of hydrogen-bond donors (Lipinski definition) is 1. The fourth-order valence-electron chi connectivity index (χ4n) is 1.98. The first-order chi connectivity index (χ1) is 8.79. The van der Waals surface area contributed by atoms with E-state index in [1.165, 1.54) is 12.8 Å². The molecule has 1 aromatic heterocycles. The number of rotatable bonds is 4. The number of anilines is 1. The molecule has 3 rings (SSSR count). The van der Waals surface area contributed by atoms with Gasteiger partial charge in [0, 0.05) is 17.3 Å². The number of methoxy groups -OCH3 is 1. The number of aromatic nitrogens is 1. The summed E-state index contributed by atoms with van der Waals surface area (Å²) in [5, 5.41) is 0.907. The third-order valence-electron chi connectivity index (χ3n) is 3.24. The van der Waals surface area contributed by atoms with Crippen LogP contribution in [-0.2, 0) is 0 Å². The van der Waals surface area contributed by atoms with Crippen LogP contribution in [0.2, 0.25) is 0 Å². The molecule has 1 saturated carbocycles. The van der Waals surface area contributed by atoms with Crippen LogP contribution < -0.4 is 15.2 Å². The van der Waals surface area contributed by atoms with Crippen molar-refractivity contribution in [1.29, 1.82) is 0 Å². The zero-order valence-corrected chi connectivity index (χ0v) is 10.3. The topological polar surface area (TPSA) is 57.4 Å². The van der Waals surface area contributed by atoms with Crippen molar-refractivity contribution in [3.8, 4) is 11.5 Å². The van der Waals surface area contributed by atoms with E-state index in [0.29, 0.717) is 23.1 Å². The van der Waals surface area contributed by atoms with Gasteiger partial charge < -0.3 is 15.2 Å². The van der Waals surface area contributed by atoms with Gasteiger partial charge in [-0.3, -0.25) is 4.98 Å². The Kier molecular flexibility index (Phi) is 2.70. The smallest absolute Gasteiger partial charge is 0.187 e. The average molecular weight is 244 g/mol. The first kappa shape index (κ1) is 11.1. The maximum atomic E-state index is 5.95. The quantitative estimate of drug-likeness (QED) is 0.898. The molecule has 0 amide bonds. The molecular weight excluding hydrogens is 228 g/mol. The summed E-state index contributed by atoms with van der Waals surface area (Å²) in [4.78, 5) is 4.36. The zero-order valence-electron chi connectivity index (χ0n) is 10.3. The molecule has 0 atom stereocenters. The second-order valence-corrected chi connectivity index (χ2v) is 4.65. The molecule has 0 radical (unpaired) electrons. The molecule has 0 spiro atoms. The van der Waals surface area contributed by atoms with Gasteiger partial charge in [0.05, 0.1) is 13.7 Å². The Morgan fingerprint density at radius 2 is 2.17 bits per heavy atom. The van der Waals surface area contributed by atoms with Crippen molar-refractivity contribution >= 4 is 16.6 Å². The Bertz CT molecular complexity index is 579. The minimum atomic E-state index is 0.686. The van der Waals surface area contributed by atoms with Gasteiger partial charge in [-0.1, -0.05) is 0 Å². The number of nitrogens with two attached hydrogens (primary N) is 1. The van der Waals surface area contributed by atoms with Crippen molar-refractivity contribution in [2.75, 3.05) is 19.5 Å². The van der Waals surface area contributed by atoms with Crippen molar-refractivity contribution in [2.24, 2.45) is 5.92 Å². The number of pyridine rings is 1. The number of hydrogen-bond acceptors (Lipinski definition) is 4. The fourth-order valence-corrected chi connectivity index (χ4v) is 1.98. The molecule has 2 N–H and O–H groups in total. The van der Waals surface area contributed by atoms with Crippen molar-refractivity contribution in [3.63, 3.8) is 0 Å². The van der Waals surface area contributed by atoms with E-state index >= 15 is 0 Å². The number of ether oxygens (including phenoxy) is 2. The normalized spacial score (nSPS) is 14.7. The molecule has 18 heavy (non-hydrogen) atoms. The predicted molar refractivity (Wildman–Crippen MR) is 70.9 cm³/mol. The highest BCUT2D eigenvalue weighted by molar-refractivity contribution is 5.95. The maximum Gasteiger partial charge on any atom is 0.187 e. The van der Waals surface area contributed by atoms with Crippen LogP contribution in [0.3, 0.4) is 0 Å². The summed E-state index contributed by atoms with van der Waals surface area (Å²) in [7, 11) is 1.64. The van der Waals surface area contributed by atoms with Gasteiger partial charge in [-0.05, 0) is 37.0 Å². The Balaban J connectivity index is 2.07. The van der Waals surface area contributed by atoms with Gasteiger partial charge in [-0.2, -0.15) is 0 Å². The molecule has 1 fully saturated rings. The highest BCUT2D eigenvalue weighted by atomic mass is 16.5. The van der Waals surface area contributed by atoms with Gasteiger partial charge in [-0.25, -0.2) is 0 Å². The highest BCUT2D eigenvalue weighted by Gasteiger charge is 2.23. The molecule has 4 nitrogen and oxygen atoms in total. The van der Waals surface area contributed by atoms with Gasteiger partial charge in [0.25, 0.3) is 0 Å². The van der Waals surface area contributed by atoms with Crippen LogP contribution in [0.1, 0.15) is 12.8 Å².